The monoisotopic (exact) mass is 306 g/mol. The lowest BCUT2D eigenvalue weighted by Gasteiger charge is -2.25. The van der Waals surface area contributed by atoms with Crippen LogP contribution in [-0.2, 0) is 20.8 Å². The number of nitrogens with zero attached hydrogens (tertiary/aromatic N) is 3. The van der Waals surface area contributed by atoms with E-state index in [1.807, 2.05) is 6.07 Å². The number of ether oxygens (including phenoxy) is 2. The van der Waals surface area contributed by atoms with E-state index in [9.17, 15) is 4.79 Å². The third-order valence-corrected chi connectivity index (χ3v) is 3.89. The number of morpholine rings is 1. The fourth-order valence-electron chi connectivity index (χ4n) is 2.66. The molecule has 0 unspecified atom stereocenters. The maximum absolute atomic E-state index is 12.0. The second-order valence-corrected chi connectivity index (χ2v) is 5.57. The van der Waals surface area contributed by atoms with Crippen molar-refractivity contribution in [3.05, 3.63) is 23.8 Å². The van der Waals surface area contributed by atoms with Crippen molar-refractivity contribution in [1.82, 2.24) is 20.2 Å². The molecular weight excluding hydrogens is 284 g/mol. The first-order valence-corrected chi connectivity index (χ1v) is 7.81. The Morgan fingerprint density at radius 3 is 3.00 bits per heavy atom. The van der Waals surface area contributed by atoms with Crippen LogP contribution in [0.4, 0.5) is 0 Å². The van der Waals surface area contributed by atoms with Crippen molar-refractivity contribution in [1.29, 1.82) is 0 Å². The topological polar surface area (TPSA) is 76.6 Å². The van der Waals surface area contributed by atoms with E-state index >= 15 is 0 Å². The highest BCUT2D eigenvalue weighted by Crippen LogP contribution is 2.25. The maximum atomic E-state index is 12.0. The van der Waals surface area contributed by atoms with Crippen molar-refractivity contribution in [2.24, 2.45) is 0 Å². The average molecular weight is 306 g/mol. The van der Waals surface area contributed by atoms with Gasteiger partial charge in [0, 0.05) is 25.9 Å². The molecule has 0 bridgehead atoms. The van der Waals surface area contributed by atoms with Gasteiger partial charge in [0.15, 0.2) is 5.82 Å². The number of carbonyl (C=O) groups is 1. The minimum atomic E-state index is 0.00371. The molecule has 0 aromatic carbocycles. The Morgan fingerprint density at radius 2 is 2.23 bits per heavy atom. The summed E-state index contributed by atoms with van der Waals surface area (Å²) in [5, 5.41) is 2.91. The molecule has 0 spiro atoms. The fraction of sp³-hybridized carbons (Fsp3) is 0.667. The van der Waals surface area contributed by atoms with Gasteiger partial charge in [0.1, 0.15) is 6.10 Å². The minimum Gasteiger partial charge on any atom is -0.379 e. The quantitative estimate of drug-likeness (QED) is 0.842. The standard InChI is InChI=1S/C15H22N4O3/c20-14(11-19-5-8-21-9-6-19)17-10-12-3-4-16-15(18-12)13-2-1-7-22-13/h3-4,13H,1-2,5-11H2,(H,17,20)/t13-/m1/s1. The largest absolute Gasteiger partial charge is 0.379 e. The number of hydrogen-bond acceptors (Lipinski definition) is 6. The fourth-order valence-corrected chi connectivity index (χ4v) is 2.66. The van der Waals surface area contributed by atoms with Crippen LogP contribution in [0.5, 0.6) is 0 Å². The van der Waals surface area contributed by atoms with Crippen LogP contribution in [0, 0.1) is 0 Å². The predicted molar refractivity (Wildman–Crippen MR) is 79.1 cm³/mol. The third kappa shape index (κ3) is 4.22. The summed E-state index contributed by atoms with van der Waals surface area (Å²) in [4.78, 5) is 22.8. The van der Waals surface area contributed by atoms with Crippen molar-refractivity contribution >= 4 is 5.91 Å². The Hall–Kier alpha value is -1.57. The molecule has 7 nitrogen and oxygen atoms in total. The molecule has 2 saturated heterocycles. The van der Waals surface area contributed by atoms with Crippen LogP contribution >= 0.6 is 0 Å². The summed E-state index contributed by atoms with van der Waals surface area (Å²) in [6, 6.07) is 1.83. The van der Waals surface area contributed by atoms with Gasteiger partial charge in [-0.25, -0.2) is 9.97 Å². The number of rotatable bonds is 5. The molecule has 120 valence electrons. The second kappa shape index (κ2) is 7.62. The first-order valence-electron chi connectivity index (χ1n) is 7.81. The van der Waals surface area contributed by atoms with Crippen LogP contribution in [0.1, 0.15) is 30.5 Å². The summed E-state index contributed by atoms with van der Waals surface area (Å²) in [5.74, 6) is 0.733. The van der Waals surface area contributed by atoms with Crippen molar-refractivity contribution < 1.29 is 14.3 Å². The summed E-state index contributed by atoms with van der Waals surface area (Å²) in [6.45, 7) is 4.62. The van der Waals surface area contributed by atoms with E-state index in [0.29, 0.717) is 26.3 Å². The Labute approximate surface area is 130 Å². The molecule has 0 saturated carbocycles. The normalized spacial score (nSPS) is 22.6. The van der Waals surface area contributed by atoms with Crippen LogP contribution in [-0.4, -0.2) is 60.2 Å². The highest BCUT2D eigenvalue weighted by atomic mass is 16.5. The lowest BCUT2D eigenvalue weighted by molar-refractivity contribution is -0.123. The summed E-state index contributed by atoms with van der Waals surface area (Å²) in [6.07, 6.45) is 3.75. The van der Waals surface area contributed by atoms with Gasteiger partial charge < -0.3 is 14.8 Å². The molecule has 1 atom stereocenters. The first-order chi connectivity index (χ1) is 10.8. The first kappa shape index (κ1) is 15.3. The molecule has 2 aliphatic heterocycles. The number of nitrogens with one attached hydrogen (secondary N) is 1. The molecule has 7 heteroatoms. The van der Waals surface area contributed by atoms with Gasteiger partial charge in [0.2, 0.25) is 5.91 Å². The lowest BCUT2D eigenvalue weighted by atomic mass is 10.2. The van der Waals surface area contributed by atoms with E-state index in [0.717, 1.165) is 44.1 Å². The second-order valence-electron chi connectivity index (χ2n) is 5.57. The molecule has 1 aromatic rings. The van der Waals surface area contributed by atoms with E-state index in [-0.39, 0.29) is 12.0 Å². The van der Waals surface area contributed by atoms with Crippen molar-refractivity contribution in [2.75, 3.05) is 39.5 Å². The molecular formula is C15H22N4O3. The van der Waals surface area contributed by atoms with Gasteiger partial charge in [-0.15, -0.1) is 0 Å². The van der Waals surface area contributed by atoms with E-state index < -0.39 is 0 Å². The number of aromatic nitrogens is 2. The number of amides is 1. The van der Waals surface area contributed by atoms with Crippen molar-refractivity contribution in [3.63, 3.8) is 0 Å². The van der Waals surface area contributed by atoms with E-state index in [2.05, 4.69) is 20.2 Å². The highest BCUT2D eigenvalue weighted by Gasteiger charge is 2.20. The Bertz CT molecular complexity index is 499. The molecule has 1 amide bonds. The minimum absolute atomic E-state index is 0.00371. The predicted octanol–water partition coefficient (Wildman–Crippen LogP) is 0.277. The number of carbonyl (C=O) groups excluding carboxylic acids is 1. The van der Waals surface area contributed by atoms with Crippen LogP contribution in [0.25, 0.3) is 0 Å². The van der Waals surface area contributed by atoms with Crippen molar-refractivity contribution in [2.45, 2.75) is 25.5 Å². The van der Waals surface area contributed by atoms with Gasteiger partial charge in [-0.2, -0.15) is 0 Å². The molecule has 2 fully saturated rings. The Kier molecular flexibility index (Phi) is 5.31. The third-order valence-electron chi connectivity index (χ3n) is 3.89. The number of hydrogen-bond donors (Lipinski definition) is 1. The van der Waals surface area contributed by atoms with Gasteiger partial charge in [0.05, 0.1) is 32.0 Å². The van der Waals surface area contributed by atoms with Crippen LogP contribution in [0.15, 0.2) is 12.3 Å². The van der Waals surface area contributed by atoms with Gasteiger partial charge >= 0.3 is 0 Å². The summed E-state index contributed by atoms with van der Waals surface area (Å²) < 4.78 is 10.9. The van der Waals surface area contributed by atoms with Crippen LogP contribution < -0.4 is 5.32 Å². The lowest BCUT2D eigenvalue weighted by Crippen LogP contribution is -2.43. The van der Waals surface area contributed by atoms with Gasteiger partial charge in [-0.3, -0.25) is 9.69 Å². The van der Waals surface area contributed by atoms with Gasteiger partial charge in [-0.1, -0.05) is 0 Å². The van der Waals surface area contributed by atoms with Crippen molar-refractivity contribution in [3.8, 4) is 0 Å². The average Bonchev–Trinajstić information content (AvgIpc) is 3.09. The van der Waals surface area contributed by atoms with E-state index in [1.165, 1.54) is 0 Å². The zero-order valence-corrected chi connectivity index (χ0v) is 12.7. The summed E-state index contributed by atoms with van der Waals surface area (Å²) in [5.41, 5.74) is 0.816. The highest BCUT2D eigenvalue weighted by molar-refractivity contribution is 5.77. The Morgan fingerprint density at radius 1 is 1.36 bits per heavy atom. The van der Waals surface area contributed by atoms with Crippen LogP contribution in [0.2, 0.25) is 0 Å². The molecule has 1 N–H and O–H groups in total. The molecule has 22 heavy (non-hydrogen) atoms. The molecule has 3 heterocycles. The smallest absolute Gasteiger partial charge is 0.234 e. The van der Waals surface area contributed by atoms with Crippen LogP contribution in [0.3, 0.4) is 0 Å². The zero-order chi connectivity index (χ0) is 15.2. The molecule has 2 aliphatic rings. The molecule has 0 aliphatic carbocycles. The zero-order valence-electron chi connectivity index (χ0n) is 12.7. The maximum Gasteiger partial charge on any atom is 0.234 e. The van der Waals surface area contributed by atoms with E-state index in [4.69, 9.17) is 9.47 Å². The SMILES string of the molecule is O=C(CN1CCOCC1)NCc1ccnc([C@H]2CCCO2)n1. The van der Waals surface area contributed by atoms with Gasteiger partial charge in [0.25, 0.3) is 0 Å². The molecule has 1 aromatic heterocycles. The summed E-state index contributed by atoms with van der Waals surface area (Å²) >= 11 is 0. The van der Waals surface area contributed by atoms with E-state index in [1.54, 1.807) is 6.20 Å². The Balaban J connectivity index is 1.48. The molecule has 0 radical (unpaired) electrons. The van der Waals surface area contributed by atoms with Gasteiger partial charge in [-0.05, 0) is 18.9 Å². The molecule has 3 rings (SSSR count). The summed E-state index contributed by atoms with van der Waals surface area (Å²) in [7, 11) is 0.